The quantitative estimate of drug-likeness (QED) is 0.679. The Morgan fingerprint density at radius 1 is 1.33 bits per heavy atom. The van der Waals surface area contributed by atoms with Crippen LogP contribution in [0.4, 0.5) is 0 Å². The third kappa shape index (κ3) is 3.53. The minimum Gasteiger partial charge on any atom is -0.390 e. The van der Waals surface area contributed by atoms with Crippen molar-refractivity contribution in [2.75, 3.05) is 0 Å². The first-order chi connectivity index (χ1) is 8.51. The molecule has 5 heteroatoms. The number of fused-ring (bicyclic) bond motifs is 2. The average Bonchev–Trinajstić information content (AvgIpc) is 2.87. The van der Waals surface area contributed by atoms with Crippen molar-refractivity contribution < 1.29 is 19.8 Å². The predicted octanol–water partition coefficient (Wildman–Crippen LogP) is 0.382. The molecule has 104 valence electrons. The van der Waals surface area contributed by atoms with E-state index in [4.69, 9.17) is 10.2 Å². The van der Waals surface area contributed by atoms with E-state index in [1.807, 2.05) is 6.92 Å². The lowest BCUT2D eigenvalue weighted by atomic mass is 10.1. The Hall–Kier alpha value is -0.940. The van der Waals surface area contributed by atoms with Crippen LogP contribution in [0.5, 0.6) is 0 Å². The molecule has 2 bridgehead atoms. The molecule has 0 aromatic rings. The molecule has 2 rings (SSSR count). The standard InChI is InChI=1S/C7H14O.C6H9NO3/c1-3-5-6-7(8)4-2;8-4-2-1-3(5(4)9)7-6(2)10/h3-6H2,1-2H3;2-5,8-9H,1H2,(H,7,10). The molecule has 2 aliphatic rings. The molecule has 3 N–H and O–H groups in total. The van der Waals surface area contributed by atoms with E-state index in [9.17, 15) is 9.59 Å². The summed E-state index contributed by atoms with van der Waals surface area (Å²) < 4.78 is 0. The molecular formula is C13H23NO4. The van der Waals surface area contributed by atoms with E-state index in [2.05, 4.69) is 12.2 Å². The number of aliphatic hydroxyl groups excluding tert-OH is 2. The molecule has 1 heterocycles. The second-order valence-corrected chi connectivity index (χ2v) is 4.93. The van der Waals surface area contributed by atoms with Crippen LogP contribution in [0.3, 0.4) is 0 Å². The van der Waals surface area contributed by atoms with Crippen molar-refractivity contribution in [3.8, 4) is 0 Å². The summed E-state index contributed by atoms with van der Waals surface area (Å²) in [6, 6.07) is -0.201. The normalized spacial score (nSPS) is 32.8. The Labute approximate surface area is 108 Å². The first-order valence-corrected chi connectivity index (χ1v) is 6.69. The Morgan fingerprint density at radius 3 is 2.39 bits per heavy atom. The van der Waals surface area contributed by atoms with Crippen LogP contribution in [0.15, 0.2) is 0 Å². The van der Waals surface area contributed by atoms with Gasteiger partial charge in [-0.05, 0) is 12.8 Å². The average molecular weight is 257 g/mol. The summed E-state index contributed by atoms with van der Waals surface area (Å²) in [5, 5.41) is 20.9. The molecule has 4 unspecified atom stereocenters. The molecule has 1 amide bonds. The number of ketones is 1. The Kier molecular flexibility index (Phi) is 5.75. The fourth-order valence-electron chi connectivity index (χ4n) is 2.28. The van der Waals surface area contributed by atoms with E-state index >= 15 is 0 Å². The summed E-state index contributed by atoms with van der Waals surface area (Å²) in [6.45, 7) is 4.01. The van der Waals surface area contributed by atoms with Gasteiger partial charge in [0.05, 0.1) is 18.1 Å². The van der Waals surface area contributed by atoms with Crippen LogP contribution in [0, 0.1) is 5.92 Å². The van der Waals surface area contributed by atoms with Crippen molar-refractivity contribution in [3.63, 3.8) is 0 Å². The molecule has 1 saturated heterocycles. The van der Waals surface area contributed by atoms with Gasteiger partial charge in [0.15, 0.2) is 0 Å². The third-order valence-corrected chi connectivity index (χ3v) is 3.55. The molecule has 2 fully saturated rings. The fourth-order valence-corrected chi connectivity index (χ4v) is 2.28. The zero-order valence-electron chi connectivity index (χ0n) is 11.1. The summed E-state index contributed by atoms with van der Waals surface area (Å²) in [5.74, 6) is -0.0883. The van der Waals surface area contributed by atoms with Gasteiger partial charge in [0.25, 0.3) is 0 Å². The molecule has 4 atom stereocenters. The van der Waals surface area contributed by atoms with Crippen molar-refractivity contribution >= 4 is 11.7 Å². The van der Waals surface area contributed by atoms with Gasteiger partial charge in [0.2, 0.25) is 5.91 Å². The van der Waals surface area contributed by atoms with Crippen LogP contribution in [-0.2, 0) is 9.59 Å². The van der Waals surface area contributed by atoms with Gasteiger partial charge < -0.3 is 15.5 Å². The number of rotatable bonds is 4. The first kappa shape index (κ1) is 15.1. The maximum absolute atomic E-state index is 10.8. The number of hydrogen-bond donors (Lipinski definition) is 3. The molecule has 0 aromatic carbocycles. The lowest BCUT2D eigenvalue weighted by Crippen LogP contribution is -2.48. The molecule has 0 aromatic heterocycles. The smallest absolute Gasteiger partial charge is 0.226 e. The van der Waals surface area contributed by atoms with Crippen LogP contribution < -0.4 is 5.32 Å². The minimum atomic E-state index is -0.834. The van der Waals surface area contributed by atoms with E-state index in [0.29, 0.717) is 18.6 Å². The summed E-state index contributed by atoms with van der Waals surface area (Å²) >= 11 is 0. The Bertz CT molecular complexity index is 303. The second-order valence-electron chi connectivity index (χ2n) is 4.93. The van der Waals surface area contributed by atoms with Crippen LogP contribution in [0.25, 0.3) is 0 Å². The van der Waals surface area contributed by atoms with E-state index in [0.717, 1.165) is 19.3 Å². The summed E-state index contributed by atoms with van der Waals surface area (Å²) in [7, 11) is 0. The lowest BCUT2D eigenvalue weighted by molar-refractivity contribution is -0.131. The molecule has 18 heavy (non-hydrogen) atoms. The predicted molar refractivity (Wildman–Crippen MR) is 66.9 cm³/mol. The molecule has 0 spiro atoms. The Morgan fingerprint density at radius 2 is 2.00 bits per heavy atom. The number of Topliss-reactive ketones (excluding diaryl/α,β-unsaturated/α-hetero) is 1. The fraction of sp³-hybridized carbons (Fsp3) is 0.846. The molecule has 5 nitrogen and oxygen atoms in total. The number of carbonyl (C=O) groups is 2. The Balaban J connectivity index is 0.000000187. The lowest BCUT2D eigenvalue weighted by Gasteiger charge is -2.22. The largest absolute Gasteiger partial charge is 0.390 e. The van der Waals surface area contributed by atoms with Crippen molar-refractivity contribution in [3.05, 3.63) is 0 Å². The number of nitrogens with one attached hydrogen (secondary N) is 1. The number of unbranched alkanes of at least 4 members (excludes halogenated alkanes) is 1. The van der Waals surface area contributed by atoms with Gasteiger partial charge in [0, 0.05) is 12.8 Å². The van der Waals surface area contributed by atoms with Crippen LogP contribution in [0.1, 0.15) is 46.0 Å². The minimum absolute atomic E-state index is 0.122. The van der Waals surface area contributed by atoms with Gasteiger partial charge >= 0.3 is 0 Å². The van der Waals surface area contributed by atoms with Gasteiger partial charge in [0.1, 0.15) is 11.9 Å². The van der Waals surface area contributed by atoms with Crippen LogP contribution in [-0.4, -0.2) is 40.2 Å². The summed E-state index contributed by atoms with van der Waals surface area (Å²) in [6.07, 6.45) is 2.69. The third-order valence-electron chi connectivity index (χ3n) is 3.55. The molecule has 0 radical (unpaired) electrons. The molecule has 1 saturated carbocycles. The second kappa shape index (κ2) is 6.85. The van der Waals surface area contributed by atoms with Gasteiger partial charge in [-0.25, -0.2) is 0 Å². The number of piperidine rings is 1. The van der Waals surface area contributed by atoms with Crippen molar-refractivity contribution in [1.82, 2.24) is 5.32 Å². The highest BCUT2D eigenvalue weighted by molar-refractivity contribution is 5.83. The van der Waals surface area contributed by atoms with Crippen molar-refractivity contribution in [1.29, 1.82) is 0 Å². The molecule has 1 aliphatic carbocycles. The topological polar surface area (TPSA) is 86.6 Å². The van der Waals surface area contributed by atoms with E-state index < -0.39 is 12.2 Å². The number of amides is 1. The monoisotopic (exact) mass is 257 g/mol. The highest BCUT2D eigenvalue weighted by Gasteiger charge is 2.51. The summed E-state index contributed by atoms with van der Waals surface area (Å²) in [5.41, 5.74) is 0. The van der Waals surface area contributed by atoms with Crippen LogP contribution in [0.2, 0.25) is 0 Å². The van der Waals surface area contributed by atoms with Gasteiger partial charge in [-0.2, -0.15) is 0 Å². The maximum atomic E-state index is 10.8. The summed E-state index contributed by atoms with van der Waals surface area (Å²) in [4.78, 5) is 21.4. The highest BCUT2D eigenvalue weighted by atomic mass is 16.3. The van der Waals surface area contributed by atoms with Crippen molar-refractivity contribution in [2.45, 2.75) is 64.2 Å². The SMILES string of the molecule is CCCCC(=O)CC.O=C1NC2CC1C(O)C2O. The van der Waals surface area contributed by atoms with E-state index in [1.165, 1.54) is 0 Å². The zero-order chi connectivity index (χ0) is 13.7. The van der Waals surface area contributed by atoms with Gasteiger partial charge in [-0.15, -0.1) is 0 Å². The van der Waals surface area contributed by atoms with Crippen LogP contribution >= 0.6 is 0 Å². The first-order valence-electron chi connectivity index (χ1n) is 6.69. The molecular weight excluding hydrogens is 234 g/mol. The van der Waals surface area contributed by atoms with Gasteiger partial charge in [-0.3, -0.25) is 9.59 Å². The van der Waals surface area contributed by atoms with Crippen molar-refractivity contribution in [2.24, 2.45) is 5.92 Å². The van der Waals surface area contributed by atoms with E-state index in [1.54, 1.807) is 0 Å². The maximum Gasteiger partial charge on any atom is 0.226 e. The molecule has 1 aliphatic heterocycles. The highest BCUT2D eigenvalue weighted by Crippen LogP contribution is 2.32. The number of aliphatic hydroxyl groups is 2. The van der Waals surface area contributed by atoms with E-state index in [-0.39, 0.29) is 17.9 Å². The zero-order valence-corrected chi connectivity index (χ0v) is 11.1. The number of hydrogen-bond acceptors (Lipinski definition) is 4. The number of carbonyl (C=O) groups excluding carboxylic acids is 2. The van der Waals surface area contributed by atoms with Gasteiger partial charge in [-0.1, -0.05) is 20.3 Å².